The van der Waals surface area contributed by atoms with Gasteiger partial charge in [-0.2, -0.15) is 0 Å². The number of aldehydes is 1. The lowest BCUT2D eigenvalue weighted by atomic mass is 10.0. The third-order valence-electron chi connectivity index (χ3n) is 4.79. The quantitative estimate of drug-likeness (QED) is 0.437. The summed E-state index contributed by atoms with van der Waals surface area (Å²) in [4.78, 5) is 40.5. The fourth-order valence-electron chi connectivity index (χ4n) is 3.20. The summed E-state index contributed by atoms with van der Waals surface area (Å²) < 4.78 is 0. The van der Waals surface area contributed by atoms with Crippen LogP contribution < -0.4 is 10.6 Å². The van der Waals surface area contributed by atoms with Gasteiger partial charge in [0.2, 0.25) is 0 Å². The Hall–Kier alpha value is -4.30. The molecule has 0 unspecified atom stereocenters. The molecule has 8 nitrogen and oxygen atoms in total. The molecule has 0 fully saturated rings. The van der Waals surface area contributed by atoms with E-state index in [0.29, 0.717) is 34.6 Å². The van der Waals surface area contributed by atoms with E-state index in [2.05, 4.69) is 30.6 Å². The van der Waals surface area contributed by atoms with Crippen LogP contribution in [0, 0.1) is 13.8 Å². The van der Waals surface area contributed by atoms with E-state index in [-0.39, 0.29) is 5.91 Å². The second kappa shape index (κ2) is 11.5. The molecule has 3 aromatic heterocycles. The predicted molar refractivity (Wildman–Crippen MR) is 133 cm³/mol. The largest absolute Gasteiger partial charge is 0.323 e. The maximum atomic E-state index is 12.6. The van der Waals surface area contributed by atoms with Crippen LogP contribution in [0.2, 0.25) is 0 Å². The van der Waals surface area contributed by atoms with Gasteiger partial charge in [0.15, 0.2) is 6.29 Å². The maximum absolute atomic E-state index is 12.6. The molecule has 3 heterocycles. The van der Waals surface area contributed by atoms with Crippen LogP contribution in [0.1, 0.15) is 32.1 Å². The van der Waals surface area contributed by atoms with Crippen molar-refractivity contribution in [2.75, 3.05) is 19.4 Å². The monoisotopic (exact) mass is 454 g/mol. The van der Waals surface area contributed by atoms with Crippen LogP contribution in [0.3, 0.4) is 0 Å². The third-order valence-corrected chi connectivity index (χ3v) is 4.79. The lowest BCUT2D eigenvalue weighted by Crippen LogP contribution is -2.12. The maximum Gasteiger partial charge on any atom is 0.255 e. The lowest BCUT2D eigenvalue weighted by molar-refractivity contribution is 0.102. The summed E-state index contributed by atoms with van der Waals surface area (Å²) >= 11 is 0. The van der Waals surface area contributed by atoms with Gasteiger partial charge in [-0.05, 0) is 76.0 Å². The smallest absolute Gasteiger partial charge is 0.255 e. The summed E-state index contributed by atoms with van der Waals surface area (Å²) in [5, 5.41) is 5.68. The van der Waals surface area contributed by atoms with Crippen molar-refractivity contribution in [3.8, 4) is 22.5 Å². The molecule has 0 spiro atoms. The summed E-state index contributed by atoms with van der Waals surface area (Å²) in [5.41, 5.74) is 6.36. The summed E-state index contributed by atoms with van der Waals surface area (Å²) in [6, 6.07) is 14.4. The van der Waals surface area contributed by atoms with Crippen molar-refractivity contribution in [2.24, 2.45) is 0 Å². The number of aromatic nitrogens is 4. The number of hydrogen-bond acceptors (Lipinski definition) is 7. The first-order chi connectivity index (χ1) is 16.4. The highest BCUT2D eigenvalue weighted by Gasteiger charge is 2.11. The number of pyridine rings is 2. The van der Waals surface area contributed by atoms with E-state index in [4.69, 9.17) is 0 Å². The van der Waals surface area contributed by atoms with E-state index in [1.807, 2.05) is 52.2 Å². The average molecular weight is 455 g/mol. The lowest BCUT2D eigenvalue weighted by Gasteiger charge is -2.11. The molecule has 0 bridgehead atoms. The zero-order valence-corrected chi connectivity index (χ0v) is 19.5. The third kappa shape index (κ3) is 6.14. The molecule has 0 saturated heterocycles. The van der Waals surface area contributed by atoms with E-state index in [1.54, 1.807) is 36.7 Å². The number of nitrogens with one attached hydrogen (secondary N) is 2. The number of hydrogen-bond donors (Lipinski definition) is 2. The summed E-state index contributed by atoms with van der Waals surface area (Å²) in [5.74, 6) is -0.207. The van der Waals surface area contributed by atoms with Crippen molar-refractivity contribution in [1.29, 1.82) is 0 Å². The normalized spacial score (nSPS) is 10.1. The van der Waals surface area contributed by atoms with Crippen molar-refractivity contribution >= 4 is 17.9 Å². The van der Waals surface area contributed by atoms with Gasteiger partial charge >= 0.3 is 0 Å². The van der Waals surface area contributed by atoms with Crippen LogP contribution in [-0.2, 0) is 0 Å². The van der Waals surface area contributed by atoms with Crippen LogP contribution >= 0.6 is 0 Å². The molecular formula is C26H26N6O2. The molecule has 172 valence electrons. The molecule has 8 heteroatoms. The van der Waals surface area contributed by atoms with Crippen molar-refractivity contribution in [3.63, 3.8) is 0 Å². The predicted octanol–water partition coefficient (Wildman–Crippen LogP) is 4.12. The molecule has 0 radical (unpaired) electrons. The van der Waals surface area contributed by atoms with Crippen molar-refractivity contribution in [3.05, 3.63) is 89.8 Å². The number of benzene rings is 1. The summed E-state index contributed by atoms with van der Waals surface area (Å²) in [6.45, 7) is 3.82. The number of carbonyl (C=O) groups excluding carboxylic acids is 2. The fourth-order valence-corrected chi connectivity index (χ4v) is 3.20. The minimum absolute atomic E-state index is 0.207. The number of anilines is 1. The Labute approximate surface area is 198 Å². The number of aryl methyl sites for hydroxylation is 2. The molecule has 2 N–H and O–H groups in total. The van der Waals surface area contributed by atoms with Gasteiger partial charge in [0.05, 0.1) is 11.4 Å². The van der Waals surface area contributed by atoms with Gasteiger partial charge in [-0.15, -0.1) is 0 Å². The van der Waals surface area contributed by atoms with Crippen LogP contribution in [0.25, 0.3) is 22.5 Å². The molecule has 0 saturated carbocycles. The number of rotatable bonds is 5. The Kier molecular flexibility index (Phi) is 8.26. The molecular weight excluding hydrogens is 428 g/mol. The molecule has 0 aliphatic heterocycles. The second-order valence-electron chi connectivity index (χ2n) is 7.55. The Morgan fingerprint density at radius 1 is 0.853 bits per heavy atom. The zero-order valence-electron chi connectivity index (χ0n) is 19.5. The van der Waals surface area contributed by atoms with Gasteiger partial charge in [0.25, 0.3) is 5.91 Å². The topological polar surface area (TPSA) is 110 Å². The first-order valence-electron chi connectivity index (χ1n) is 10.6. The minimum Gasteiger partial charge on any atom is -0.323 e. The van der Waals surface area contributed by atoms with Gasteiger partial charge in [-0.3, -0.25) is 19.6 Å². The molecule has 0 aliphatic carbocycles. The summed E-state index contributed by atoms with van der Waals surface area (Å²) in [7, 11) is 3.75. The van der Waals surface area contributed by atoms with Gasteiger partial charge in [-0.25, -0.2) is 9.97 Å². The molecule has 34 heavy (non-hydrogen) atoms. The first kappa shape index (κ1) is 24.3. The molecule has 4 rings (SSSR count). The number of amides is 1. The van der Waals surface area contributed by atoms with Crippen molar-refractivity contribution in [2.45, 2.75) is 13.8 Å². The Morgan fingerprint density at radius 3 is 2.32 bits per heavy atom. The Morgan fingerprint density at radius 2 is 1.59 bits per heavy atom. The zero-order chi connectivity index (χ0) is 24.5. The molecule has 4 aromatic rings. The highest BCUT2D eigenvalue weighted by atomic mass is 16.1. The molecule has 0 atom stereocenters. The standard InChI is InChI=1S/C24H19N5O2.C2H7N/c1-15-3-4-19(29-24(31)18-6-7-25-16(2)9-18)11-21(15)23-12-22(27-14-28-23)17-5-8-26-20(10-17)13-30;1-3-2/h3-14H,1-2H3,(H,29,31);3H,1-2H3. The Balaban J connectivity index is 0.00000103. The SMILES string of the molecule is CNC.Cc1cc(C(=O)Nc2ccc(C)c(-c3cc(-c4ccnc(C=O)c4)ncn3)c2)ccn1. The van der Waals surface area contributed by atoms with E-state index in [0.717, 1.165) is 22.4 Å². The van der Waals surface area contributed by atoms with Gasteiger partial charge in [0, 0.05) is 40.5 Å². The molecule has 1 amide bonds. The van der Waals surface area contributed by atoms with Crippen LogP contribution in [-0.4, -0.2) is 46.2 Å². The minimum atomic E-state index is -0.207. The Bertz CT molecular complexity index is 1310. The molecule has 1 aromatic carbocycles. The van der Waals surface area contributed by atoms with E-state index < -0.39 is 0 Å². The fraction of sp³-hybridized carbons (Fsp3) is 0.154. The van der Waals surface area contributed by atoms with Gasteiger partial charge < -0.3 is 10.6 Å². The van der Waals surface area contributed by atoms with E-state index >= 15 is 0 Å². The highest BCUT2D eigenvalue weighted by molar-refractivity contribution is 6.04. The van der Waals surface area contributed by atoms with Crippen molar-refractivity contribution < 1.29 is 9.59 Å². The van der Waals surface area contributed by atoms with Gasteiger partial charge in [-0.1, -0.05) is 6.07 Å². The molecule has 0 aliphatic rings. The summed E-state index contributed by atoms with van der Waals surface area (Å²) in [6.07, 6.45) is 5.37. The highest BCUT2D eigenvalue weighted by Crippen LogP contribution is 2.28. The van der Waals surface area contributed by atoms with Crippen LogP contribution in [0.4, 0.5) is 5.69 Å². The number of nitrogens with zero attached hydrogens (tertiary/aromatic N) is 4. The second-order valence-corrected chi connectivity index (χ2v) is 7.55. The van der Waals surface area contributed by atoms with E-state index in [1.165, 1.54) is 6.33 Å². The van der Waals surface area contributed by atoms with Crippen molar-refractivity contribution in [1.82, 2.24) is 25.3 Å². The van der Waals surface area contributed by atoms with E-state index in [9.17, 15) is 9.59 Å². The number of carbonyl (C=O) groups is 2. The van der Waals surface area contributed by atoms with Gasteiger partial charge in [0.1, 0.15) is 12.0 Å². The first-order valence-corrected chi connectivity index (χ1v) is 10.6. The van der Waals surface area contributed by atoms with Crippen LogP contribution in [0.15, 0.2) is 67.3 Å². The van der Waals surface area contributed by atoms with Crippen LogP contribution in [0.5, 0.6) is 0 Å². The average Bonchev–Trinajstić information content (AvgIpc) is 2.86.